The summed E-state index contributed by atoms with van der Waals surface area (Å²) >= 11 is 0. The summed E-state index contributed by atoms with van der Waals surface area (Å²) in [6.45, 7) is 5.16. The van der Waals surface area contributed by atoms with Crippen LogP contribution in [0.2, 0.25) is 0 Å². The number of rotatable bonds is 5. The number of methoxy groups -OCH3 is 1. The zero-order valence-electron chi connectivity index (χ0n) is 17.8. The van der Waals surface area contributed by atoms with Crippen LogP contribution in [-0.2, 0) is 4.74 Å². The number of carbonyl (C=O) groups excluding carboxylic acids is 1. The first-order valence-electron chi connectivity index (χ1n) is 10.9. The molecule has 9 heteroatoms. The highest BCUT2D eigenvalue weighted by Crippen LogP contribution is 2.32. The van der Waals surface area contributed by atoms with E-state index in [-0.39, 0.29) is 41.5 Å². The minimum Gasteiger partial charge on any atom is -0.494 e. The minimum absolute atomic E-state index is 0.0707. The number of likely N-dealkylation sites (tertiary alicyclic amines) is 1. The third-order valence-corrected chi connectivity index (χ3v) is 6.78. The summed E-state index contributed by atoms with van der Waals surface area (Å²) in [5.41, 5.74) is 4.98. The smallest absolute Gasteiger partial charge is 0.273 e. The first-order valence-corrected chi connectivity index (χ1v) is 10.9. The van der Waals surface area contributed by atoms with Crippen molar-refractivity contribution in [3.63, 3.8) is 0 Å². The molecule has 0 radical (unpaired) electrons. The molecular weight excluding hydrogens is 401 g/mol. The fourth-order valence-corrected chi connectivity index (χ4v) is 4.72. The van der Waals surface area contributed by atoms with Gasteiger partial charge < -0.3 is 20.2 Å². The molecule has 0 bridgehead atoms. The Morgan fingerprint density at radius 1 is 1.26 bits per heavy atom. The number of ether oxygens (including phenoxy) is 2. The molecule has 0 aliphatic carbocycles. The van der Waals surface area contributed by atoms with Crippen molar-refractivity contribution in [1.29, 1.82) is 0 Å². The van der Waals surface area contributed by atoms with Crippen LogP contribution in [0, 0.1) is 5.82 Å². The maximum atomic E-state index is 14.0. The highest BCUT2D eigenvalue weighted by Gasteiger charge is 2.39. The zero-order valence-corrected chi connectivity index (χ0v) is 17.8. The summed E-state index contributed by atoms with van der Waals surface area (Å²) in [5, 5.41) is 3.06. The van der Waals surface area contributed by atoms with Gasteiger partial charge in [-0.15, -0.1) is 0 Å². The molecule has 2 saturated heterocycles. The maximum Gasteiger partial charge on any atom is 0.273 e. The van der Waals surface area contributed by atoms with Crippen LogP contribution in [0.5, 0.6) is 5.75 Å². The molecule has 3 aliphatic heterocycles. The molecular formula is C22H28FN5O3. The molecule has 2 N–H and O–H groups in total. The lowest BCUT2D eigenvalue weighted by molar-refractivity contribution is 0.0665. The molecule has 8 nitrogen and oxygen atoms in total. The number of carbonyl (C=O) groups is 1. The lowest BCUT2D eigenvalue weighted by Gasteiger charge is -2.47. The number of hydrogen-bond acceptors (Lipinski definition) is 6. The predicted molar refractivity (Wildman–Crippen MR) is 112 cm³/mol. The van der Waals surface area contributed by atoms with Gasteiger partial charge in [0.25, 0.3) is 5.91 Å². The van der Waals surface area contributed by atoms with E-state index >= 15 is 0 Å². The summed E-state index contributed by atoms with van der Waals surface area (Å²) in [6, 6.07) is 5.23. The third kappa shape index (κ3) is 3.65. The topological polar surface area (TPSA) is 80.7 Å². The Balaban J connectivity index is 1.25. The number of fused-ring (bicyclic) bond motifs is 1. The molecule has 1 amide bonds. The van der Waals surface area contributed by atoms with Crippen molar-refractivity contribution in [2.45, 2.75) is 43.8 Å². The second-order valence-electron chi connectivity index (χ2n) is 8.59. The van der Waals surface area contributed by atoms with E-state index in [2.05, 4.69) is 27.6 Å². The maximum absolute atomic E-state index is 14.0. The van der Waals surface area contributed by atoms with Crippen molar-refractivity contribution in [2.75, 3.05) is 38.8 Å². The van der Waals surface area contributed by atoms with Crippen LogP contribution < -0.4 is 15.5 Å². The second-order valence-corrected chi connectivity index (χ2v) is 8.59. The first-order chi connectivity index (χ1) is 15.0. The van der Waals surface area contributed by atoms with Gasteiger partial charge in [0.15, 0.2) is 11.6 Å². The number of nitrogens with one attached hydrogen (secondary N) is 2. The number of benzene rings is 1. The number of amides is 1. The Labute approximate surface area is 180 Å². The number of aromatic nitrogens is 2. The van der Waals surface area contributed by atoms with Crippen molar-refractivity contribution >= 4 is 5.91 Å². The van der Waals surface area contributed by atoms with Crippen LogP contribution in [0.15, 0.2) is 24.4 Å². The van der Waals surface area contributed by atoms with Gasteiger partial charge in [-0.1, -0.05) is 6.07 Å². The summed E-state index contributed by atoms with van der Waals surface area (Å²) < 4.78 is 26.4. The molecule has 31 heavy (non-hydrogen) atoms. The molecule has 0 spiro atoms. The number of hydrogen-bond donors (Lipinski definition) is 2. The summed E-state index contributed by atoms with van der Waals surface area (Å²) in [5.74, 6) is 1.27. The Morgan fingerprint density at radius 3 is 2.74 bits per heavy atom. The van der Waals surface area contributed by atoms with Crippen LogP contribution in [0.3, 0.4) is 0 Å². The van der Waals surface area contributed by atoms with Gasteiger partial charge in [0.1, 0.15) is 17.7 Å². The van der Waals surface area contributed by atoms with E-state index in [4.69, 9.17) is 9.47 Å². The molecule has 0 saturated carbocycles. The van der Waals surface area contributed by atoms with Gasteiger partial charge in [0.2, 0.25) is 0 Å². The van der Waals surface area contributed by atoms with Crippen molar-refractivity contribution in [1.82, 2.24) is 19.9 Å². The Morgan fingerprint density at radius 2 is 2.03 bits per heavy atom. The molecule has 2 unspecified atom stereocenters. The lowest BCUT2D eigenvalue weighted by atomic mass is 9.89. The first kappa shape index (κ1) is 20.3. The second kappa shape index (κ2) is 8.12. The van der Waals surface area contributed by atoms with Crippen molar-refractivity contribution in [2.24, 2.45) is 0 Å². The van der Waals surface area contributed by atoms with E-state index in [0.29, 0.717) is 5.69 Å². The fourth-order valence-electron chi connectivity index (χ4n) is 4.72. The number of halogens is 1. The minimum atomic E-state index is -0.332. The predicted octanol–water partition coefficient (Wildman–Crippen LogP) is 2.03. The van der Waals surface area contributed by atoms with Gasteiger partial charge in [-0.2, -0.15) is 0 Å². The largest absolute Gasteiger partial charge is 0.494 e. The molecule has 1 aromatic carbocycles. The van der Waals surface area contributed by atoms with Gasteiger partial charge in [-0.3, -0.25) is 9.69 Å². The summed E-state index contributed by atoms with van der Waals surface area (Å²) in [6.07, 6.45) is 3.23. The standard InChI is InChI=1S/C22H28FN5O3/c1-13(27-11-16(12-27)15-3-4-19(30-2)17(23)9-15)20-25-22(29)18-10-24-21(28(18)26-20)14-5-7-31-8-6-14/h3-4,9-10,13-14,16,20,26H,5-8,11-12H2,1-2H3,(H,25,29). The Bertz CT molecular complexity index is 968. The van der Waals surface area contributed by atoms with E-state index in [1.165, 1.54) is 7.11 Å². The SMILES string of the molecule is COc1ccc(C2CN(C(C)C3NC(=O)c4cnc(C5CCOCC5)n4N3)C2)cc1F. The average molecular weight is 429 g/mol. The van der Waals surface area contributed by atoms with E-state index in [1.54, 1.807) is 18.3 Å². The number of imidazole rings is 1. The molecule has 2 fully saturated rings. The monoisotopic (exact) mass is 429 g/mol. The molecule has 2 aromatic rings. The highest BCUT2D eigenvalue weighted by atomic mass is 19.1. The van der Waals surface area contributed by atoms with Gasteiger partial charge >= 0.3 is 0 Å². The Kier molecular flexibility index (Phi) is 5.31. The summed E-state index contributed by atoms with van der Waals surface area (Å²) in [7, 11) is 1.47. The molecule has 5 rings (SSSR count). The van der Waals surface area contributed by atoms with E-state index in [9.17, 15) is 9.18 Å². The zero-order chi connectivity index (χ0) is 21.5. The van der Waals surface area contributed by atoms with Crippen LogP contribution in [0.1, 0.15) is 53.5 Å². The van der Waals surface area contributed by atoms with Crippen LogP contribution >= 0.6 is 0 Å². The van der Waals surface area contributed by atoms with E-state index in [0.717, 1.165) is 50.5 Å². The van der Waals surface area contributed by atoms with E-state index in [1.807, 2.05) is 10.7 Å². The third-order valence-electron chi connectivity index (χ3n) is 6.78. The molecule has 166 valence electrons. The normalized spacial score (nSPS) is 23.5. The van der Waals surface area contributed by atoms with Gasteiger partial charge in [0.05, 0.1) is 13.3 Å². The average Bonchev–Trinajstić information content (AvgIpc) is 3.18. The van der Waals surface area contributed by atoms with Crippen molar-refractivity contribution in [3.05, 3.63) is 47.3 Å². The fraction of sp³-hybridized carbons (Fsp3) is 0.545. The quantitative estimate of drug-likeness (QED) is 0.757. The molecule has 1 aromatic heterocycles. The number of nitrogens with zero attached hydrogens (tertiary/aromatic N) is 3. The summed E-state index contributed by atoms with van der Waals surface area (Å²) in [4.78, 5) is 19.5. The van der Waals surface area contributed by atoms with Gasteiger partial charge in [-0.25, -0.2) is 14.1 Å². The van der Waals surface area contributed by atoms with Gasteiger partial charge in [0, 0.05) is 44.2 Å². The lowest BCUT2D eigenvalue weighted by Crippen LogP contribution is -2.63. The molecule has 2 atom stereocenters. The van der Waals surface area contributed by atoms with E-state index < -0.39 is 0 Å². The molecule has 3 aliphatic rings. The van der Waals surface area contributed by atoms with Crippen molar-refractivity contribution in [3.8, 4) is 5.75 Å². The van der Waals surface area contributed by atoms with Gasteiger partial charge in [-0.05, 0) is 37.5 Å². The van der Waals surface area contributed by atoms with Crippen molar-refractivity contribution < 1.29 is 18.7 Å². The molecule has 4 heterocycles. The van der Waals surface area contributed by atoms with Crippen LogP contribution in [0.25, 0.3) is 0 Å². The Hall–Kier alpha value is -2.65. The van der Waals surface area contributed by atoms with Crippen LogP contribution in [-0.4, -0.2) is 66.1 Å². The van der Waals surface area contributed by atoms with Crippen LogP contribution in [0.4, 0.5) is 4.39 Å². The highest BCUT2D eigenvalue weighted by molar-refractivity contribution is 5.93.